The van der Waals surface area contributed by atoms with Gasteiger partial charge in [-0.05, 0) is 30.5 Å². The molecule has 0 unspecified atom stereocenters. The molecule has 1 aromatic rings. The van der Waals surface area contributed by atoms with Crippen LogP contribution < -0.4 is 0 Å². The molecule has 80 valence electrons. The summed E-state index contributed by atoms with van der Waals surface area (Å²) in [7, 11) is 0. The van der Waals surface area contributed by atoms with E-state index in [4.69, 9.17) is 5.11 Å². The fourth-order valence-electron chi connectivity index (χ4n) is 2.09. The second-order valence-corrected chi connectivity index (χ2v) is 3.87. The molecule has 1 amide bonds. The molecule has 0 aliphatic carbocycles. The number of nitrogens with zero attached hydrogens (tertiary/aromatic N) is 1. The van der Waals surface area contributed by atoms with Gasteiger partial charge in [-0.25, -0.2) is 0 Å². The van der Waals surface area contributed by atoms with Crippen LogP contribution in [0.2, 0.25) is 0 Å². The lowest BCUT2D eigenvalue weighted by Crippen LogP contribution is -2.39. The highest BCUT2D eigenvalue weighted by Gasteiger charge is 2.24. The molecular formula is C12H15NO2. The molecule has 1 heterocycles. The van der Waals surface area contributed by atoms with Crippen LogP contribution in [0.4, 0.5) is 0 Å². The second kappa shape index (κ2) is 4.03. The Balaban J connectivity index is 2.34. The topological polar surface area (TPSA) is 40.5 Å². The van der Waals surface area contributed by atoms with E-state index in [0.29, 0.717) is 6.54 Å². The van der Waals surface area contributed by atoms with Crippen LogP contribution in [-0.2, 0) is 6.42 Å². The Morgan fingerprint density at radius 1 is 1.47 bits per heavy atom. The van der Waals surface area contributed by atoms with Crippen molar-refractivity contribution in [1.29, 1.82) is 0 Å². The van der Waals surface area contributed by atoms with Crippen molar-refractivity contribution in [3.8, 4) is 0 Å². The average molecular weight is 205 g/mol. The number of fused-ring (bicyclic) bond motifs is 1. The van der Waals surface area contributed by atoms with Crippen molar-refractivity contribution >= 4 is 5.91 Å². The summed E-state index contributed by atoms with van der Waals surface area (Å²) in [5.74, 6) is 0.0500. The van der Waals surface area contributed by atoms with Gasteiger partial charge < -0.3 is 10.0 Å². The van der Waals surface area contributed by atoms with Crippen LogP contribution in [0.5, 0.6) is 0 Å². The zero-order valence-corrected chi connectivity index (χ0v) is 8.86. The van der Waals surface area contributed by atoms with Crippen LogP contribution in [0.25, 0.3) is 0 Å². The summed E-state index contributed by atoms with van der Waals surface area (Å²) in [6, 6.07) is 5.82. The number of hydrogen-bond acceptors (Lipinski definition) is 2. The number of aliphatic hydroxyl groups excluding tert-OH is 1. The number of benzene rings is 1. The first kappa shape index (κ1) is 10.2. The summed E-state index contributed by atoms with van der Waals surface area (Å²) in [5.41, 5.74) is 3.15. The van der Waals surface area contributed by atoms with Crippen molar-refractivity contribution in [2.75, 3.05) is 19.7 Å². The van der Waals surface area contributed by atoms with Gasteiger partial charge in [-0.15, -0.1) is 0 Å². The van der Waals surface area contributed by atoms with Gasteiger partial charge in [0.15, 0.2) is 0 Å². The molecule has 0 aromatic heterocycles. The van der Waals surface area contributed by atoms with Crippen molar-refractivity contribution in [3.05, 3.63) is 34.9 Å². The Labute approximate surface area is 89.3 Å². The Kier molecular flexibility index (Phi) is 2.73. The van der Waals surface area contributed by atoms with Gasteiger partial charge in [0, 0.05) is 18.7 Å². The normalized spacial score (nSPS) is 15.3. The van der Waals surface area contributed by atoms with Crippen molar-refractivity contribution in [3.63, 3.8) is 0 Å². The van der Waals surface area contributed by atoms with Crippen LogP contribution in [0.3, 0.4) is 0 Å². The van der Waals surface area contributed by atoms with Crippen molar-refractivity contribution < 1.29 is 9.90 Å². The molecule has 0 fully saturated rings. The molecule has 1 aliphatic rings. The minimum atomic E-state index is 0.0346. The monoisotopic (exact) mass is 205 g/mol. The zero-order chi connectivity index (χ0) is 10.8. The summed E-state index contributed by atoms with van der Waals surface area (Å²) in [4.78, 5) is 13.7. The van der Waals surface area contributed by atoms with Gasteiger partial charge in [0.2, 0.25) is 0 Å². The molecule has 1 aromatic carbocycles. The first-order valence-electron chi connectivity index (χ1n) is 5.22. The van der Waals surface area contributed by atoms with Crippen LogP contribution in [0, 0.1) is 6.92 Å². The van der Waals surface area contributed by atoms with Gasteiger partial charge in [0.05, 0.1) is 6.61 Å². The summed E-state index contributed by atoms with van der Waals surface area (Å²) in [6.45, 7) is 3.23. The molecular weight excluding hydrogens is 190 g/mol. The number of amides is 1. The molecule has 15 heavy (non-hydrogen) atoms. The summed E-state index contributed by atoms with van der Waals surface area (Å²) >= 11 is 0. The largest absolute Gasteiger partial charge is 0.395 e. The second-order valence-electron chi connectivity index (χ2n) is 3.87. The van der Waals surface area contributed by atoms with E-state index in [1.807, 2.05) is 25.1 Å². The van der Waals surface area contributed by atoms with E-state index < -0.39 is 0 Å². The number of carbonyl (C=O) groups is 1. The lowest BCUT2D eigenvalue weighted by molar-refractivity contribution is 0.0705. The molecule has 3 heteroatoms. The fourth-order valence-corrected chi connectivity index (χ4v) is 2.09. The van der Waals surface area contributed by atoms with E-state index in [2.05, 4.69) is 0 Å². The van der Waals surface area contributed by atoms with Crippen LogP contribution in [0.15, 0.2) is 18.2 Å². The Morgan fingerprint density at radius 3 is 3.00 bits per heavy atom. The molecule has 1 N–H and O–H groups in total. The Hall–Kier alpha value is -1.35. The van der Waals surface area contributed by atoms with E-state index in [1.54, 1.807) is 4.90 Å². The average Bonchev–Trinajstić information content (AvgIpc) is 2.23. The number of aryl methyl sites for hydroxylation is 1. The maximum atomic E-state index is 12.0. The summed E-state index contributed by atoms with van der Waals surface area (Å²) in [6.07, 6.45) is 0.897. The molecule has 0 atom stereocenters. The van der Waals surface area contributed by atoms with E-state index in [0.717, 1.165) is 24.1 Å². The summed E-state index contributed by atoms with van der Waals surface area (Å²) in [5, 5.41) is 8.84. The Bertz CT molecular complexity index is 387. The van der Waals surface area contributed by atoms with Crippen LogP contribution >= 0.6 is 0 Å². The minimum absolute atomic E-state index is 0.0346. The smallest absolute Gasteiger partial charge is 0.254 e. The van der Waals surface area contributed by atoms with Crippen LogP contribution in [-0.4, -0.2) is 35.6 Å². The van der Waals surface area contributed by atoms with Gasteiger partial charge in [0.25, 0.3) is 5.91 Å². The summed E-state index contributed by atoms with van der Waals surface area (Å²) < 4.78 is 0. The van der Waals surface area contributed by atoms with Gasteiger partial charge in [0.1, 0.15) is 0 Å². The first-order chi connectivity index (χ1) is 7.24. The molecule has 0 saturated heterocycles. The quantitative estimate of drug-likeness (QED) is 0.782. The third-order valence-electron chi connectivity index (χ3n) is 2.93. The maximum Gasteiger partial charge on any atom is 0.254 e. The van der Waals surface area contributed by atoms with Gasteiger partial charge >= 0.3 is 0 Å². The first-order valence-corrected chi connectivity index (χ1v) is 5.22. The van der Waals surface area contributed by atoms with Crippen LogP contribution in [0.1, 0.15) is 21.5 Å². The highest BCUT2D eigenvalue weighted by molar-refractivity contribution is 5.97. The number of β-amino-alcohol motifs (C(OH)–C–C–N with tert-alkyl or cyclic N) is 1. The lowest BCUT2D eigenvalue weighted by Gasteiger charge is -2.28. The standard InChI is InChI=1S/C12H15NO2/c1-9-3-2-4-11-10(9)5-6-13(7-8-14)12(11)15/h2-4,14H,5-8H2,1H3. The predicted molar refractivity (Wildman–Crippen MR) is 57.9 cm³/mol. The number of aliphatic hydroxyl groups is 1. The van der Waals surface area contributed by atoms with E-state index >= 15 is 0 Å². The van der Waals surface area contributed by atoms with Crippen molar-refractivity contribution in [2.45, 2.75) is 13.3 Å². The van der Waals surface area contributed by atoms with Crippen molar-refractivity contribution in [2.24, 2.45) is 0 Å². The Morgan fingerprint density at radius 2 is 2.27 bits per heavy atom. The highest BCUT2D eigenvalue weighted by Crippen LogP contribution is 2.21. The van der Waals surface area contributed by atoms with Crippen molar-refractivity contribution in [1.82, 2.24) is 4.90 Å². The van der Waals surface area contributed by atoms with E-state index in [-0.39, 0.29) is 12.5 Å². The van der Waals surface area contributed by atoms with Gasteiger partial charge in [-0.1, -0.05) is 12.1 Å². The molecule has 0 spiro atoms. The third kappa shape index (κ3) is 1.75. The number of rotatable bonds is 2. The molecule has 0 bridgehead atoms. The maximum absolute atomic E-state index is 12.0. The molecule has 0 saturated carbocycles. The zero-order valence-electron chi connectivity index (χ0n) is 8.86. The molecule has 0 radical (unpaired) electrons. The van der Waals surface area contributed by atoms with Gasteiger partial charge in [-0.2, -0.15) is 0 Å². The SMILES string of the molecule is Cc1cccc2c1CCN(CCO)C2=O. The van der Waals surface area contributed by atoms with Gasteiger partial charge in [-0.3, -0.25) is 4.79 Å². The number of hydrogen-bond donors (Lipinski definition) is 1. The molecule has 1 aliphatic heterocycles. The molecule has 2 rings (SSSR count). The number of carbonyl (C=O) groups excluding carboxylic acids is 1. The lowest BCUT2D eigenvalue weighted by atomic mass is 9.95. The van der Waals surface area contributed by atoms with E-state index in [1.165, 1.54) is 5.56 Å². The highest BCUT2D eigenvalue weighted by atomic mass is 16.3. The fraction of sp³-hybridized carbons (Fsp3) is 0.417. The van der Waals surface area contributed by atoms with E-state index in [9.17, 15) is 4.79 Å². The predicted octanol–water partition coefficient (Wildman–Crippen LogP) is 0.986. The third-order valence-corrected chi connectivity index (χ3v) is 2.93. The molecule has 3 nitrogen and oxygen atoms in total. The minimum Gasteiger partial charge on any atom is -0.395 e.